The Morgan fingerprint density at radius 1 is 0.793 bits per heavy atom. The molecule has 0 radical (unpaired) electrons. The molecule has 9 heteroatoms. The third kappa shape index (κ3) is 6.56. The summed E-state index contributed by atoms with van der Waals surface area (Å²) in [5.41, 5.74) is 4.27. The summed E-state index contributed by atoms with van der Waals surface area (Å²) in [6.45, 7) is 0. The normalized spacial score (nSPS) is 10.9. The highest BCUT2D eigenvalue weighted by Gasteiger charge is 2.20. The van der Waals surface area contributed by atoms with Gasteiger partial charge in [0.25, 0.3) is 0 Å². The average Bonchev–Trinajstić information content (AvgIpc) is 3.17. The maximum absolute atomic E-state index is 9.75. The summed E-state index contributed by atoms with van der Waals surface area (Å²) in [6, 6.07) is 24.5. The van der Waals surface area contributed by atoms with E-state index in [2.05, 4.69) is 39.0 Å². The Bertz CT molecular complexity index is 1010. The van der Waals surface area contributed by atoms with E-state index in [0.29, 0.717) is 0 Å². The van der Waals surface area contributed by atoms with Crippen LogP contribution in [-0.4, -0.2) is 22.2 Å². The predicted octanol–water partition coefficient (Wildman–Crippen LogP) is 4.43. The largest absolute Gasteiger partial charge is 0.673 e. The minimum Gasteiger partial charge on any atom is -0.418 e. The molecule has 4 nitrogen and oxygen atoms in total. The van der Waals surface area contributed by atoms with Crippen molar-refractivity contribution in [1.82, 2.24) is 15.0 Å². The van der Waals surface area contributed by atoms with E-state index in [1.54, 1.807) is 4.80 Å². The lowest BCUT2D eigenvalue weighted by Gasteiger charge is -1.99. The Morgan fingerprint density at radius 2 is 1.34 bits per heavy atom. The van der Waals surface area contributed by atoms with E-state index in [1.165, 1.54) is 5.56 Å². The van der Waals surface area contributed by atoms with Crippen LogP contribution >= 0.6 is 0 Å². The van der Waals surface area contributed by atoms with Crippen LogP contribution in [0.3, 0.4) is 0 Å². The van der Waals surface area contributed by atoms with Crippen molar-refractivity contribution in [2.24, 2.45) is 0 Å². The van der Waals surface area contributed by atoms with Crippen molar-refractivity contribution in [2.45, 2.75) is 6.42 Å². The van der Waals surface area contributed by atoms with Gasteiger partial charge in [0.15, 0.2) is 12.4 Å². The molecule has 0 aliphatic carbocycles. The Labute approximate surface area is 165 Å². The molecule has 29 heavy (non-hydrogen) atoms. The molecule has 0 atom stereocenters. The van der Waals surface area contributed by atoms with Gasteiger partial charge in [-0.25, -0.2) is 0 Å². The van der Waals surface area contributed by atoms with Crippen LogP contribution in [0.15, 0.2) is 91.4 Å². The van der Waals surface area contributed by atoms with E-state index < -0.39 is 7.25 Å². The molecule has 0 aliphatic rings. The fourth-order valence-corrected chi connectivity index (χ4v) is 2.63. The first kappa shape index (κ1) is 20.3. The van der Waals surface area contributed by atoms with Crippen LogP contribution in [0.5, 0.6) is 0 Å². The molecule has 4 aromatic rings. The van der Waals surface area contributed by atoms with E-state index in [0.717, 1.165) is 23.5 Å². The van der Waals surface area contributed by atoms with Crippen LogP contribution in [0, 0.1) is 0 Å². The fraction of sp³-hybridized carbons (Fsp3) is 0.0500. The molecule has 0 unspecified atom stereocenters. The average molecular weight is 400 g/mol. The molecule has 0 N–H and O–H groups in total. The Morgan fingerprint density at radius 3 is 1.93 bits per heavy atom. The minimum atomic E-state index is -6.00. The predicted molar refractivity (Wildman–Crippen MR) is 102 cm³/mol. The summed E-state index contributed by atoms with van der Waals surface area (Å²) in [5, 5.41) is 8.96. The number of hydrogen-bond donors (Lipinski definition) is 0. The molecule has 2 aromatic carbocycles. The van der Waals surface area contributed by atoms with E-state index in [-0.39, 0.29) is 0 Å². The summed E-state index contributed by atoms with van der Waals surface area (Å²) in [6.07, 6.45) is 6.65. The van der Waals surface area contributed by atoms with Crippen molar-refractivity contribution in [3.8, 4) is 11.4 Å². The first-order chi connectivity index (χ1) is 13.9. The van der Waals surface area contributed by atoms with Gasteiger partial charge in [-0.05, 0) is 5.56 Å². The van der Waals surface area contributed by atoms with Crippen LogP contribution in [0.25, 0.3) is 11.4 Å². The number of rotatable bonds is 4. The van der Waals surface area contributed by atoms with E-state index in [4.69, 9.17) is 0 Å². The van der Waals surface area contributed by atoms with Gasteiger partial charge in [-0.15, -0.1) is 0 Å². The van der Waals surface area contributed by atoms with Crippen molar-refractivity contribution >= 4 is 7.25 Å². The van der Waals surface area contributed by atoms with Crippen LogP contribution in [0.2, 0.25) is 0 Å². The van der Waals surface area contributed by atoms with Gasteiger partial charge in [-0.3, -0.25) is 0 Å². The number of halogens is 4. The number of para-hydroxylation sites is 1. The number of benzene rings is 2. The SMILES string of the molecule is F[B-](F)(F)F.c1ccc(Cc2cnn(-c3cc[n+](-c4ccccc4)cc3)n2)cc1. The molecule has 2 aromatic heterocycles. The first-order valence-corrected chi connectivity index (χ1v) is 8.78. The Hall–Kier alpha value is -3.49. The van der Waals surface area contributed by atoms with Crippen molar-refractivity contribution in [3.63, 3.8) is 0 Å². The number of nitrogens with zero attached hydrogens (tertiary/aromatic N) is 4. The lowest BCUT2D eigenvalue weighted by molar-refractivity contribution is -0.595. The number of aromatic nitrogens is 4. The van der Waals surface area contributed by atoms with Gasteiger partial charge in [-0.2, -0.15) is 19.6 Å². The van der Waals surface area contributed by atoms with Gasteiger partial charge in [-0.1, -0.05) is 48.5 Å². The highest BCUT2D eigenvalue weighted by atomic mass is 19.5. The quantitative estimate of drug-likeness (QED) is 0.289. The lowest BCUT2D eigenvalue weighted by atomic mass is 10.1. The van der Waals surface area contributed by atoms with Gasteiger partial charge < -0.3 is 17.3 Å². The molecule has 2 heterocycles. The Kier molecular flexibility index (Phi) is 6.38. The third-order valence-corrected chi connectivity index (χ3v) is 3.86. The molecule has 0 spiro atoms. The maximum atomic E-state index is 9.75. The van der Waals surface area contributed by atoms with Crippen molar-refractivity contribution in [2.75, 3.05) is 0 Å². The molecule has 148 valence electrons. The van der Waals surface area contributed by atoms with E-state index in [1.807, 2.05) is 67.1 Å². The molecule has 0 fully saturated rings. The van der Waals surface area contributed by atoms with E-state index in [9.17, 15) is 17.3 Å². The molecule has 0 bridgehead atoms. The highest BCUT2D eigenvalue weighted by Crippen LogP contribution is 2.09. The van der Waals surface area contributed by atoms with Crippen LogP contribution in [-0.2, 0) is 6.42 Å². The summed E-state index contributed by atoms with van der Waals surface area (Å²) in [4.78, 5) is 1.67. The van der Waals surface area contributed by atoms with Crippen LogP contribution in [0.4, 0.5) is 17.3 Å². The summed E-state index contributed by atoms with van der Waals surface area (Å²) >= 11 is 0. The molecule has 0 saturated carbocycles. The zero-order valence-corrected chi connectivity index (χ0v) is 15.2. The standard InChI is InChI=1S/C20H17N4.BF4/c1-3-7-17(8-4-1)15-18-16-21-24(22-18)20-11-13-23(14-12-20)19-9-5-2-6-10-19;2-1(3,4)5/h1-14,16H,15H2;/q+1;-1. The molecule has 0 amide bonds. The Balaban J connectivity index is 0.000000431. The zero-order valence-electron chi connectivity index (χ0n) is 15.2. The van der Waals surface area contributed by atoms with Gasteiger partial charge >= 0.3 is 7.25 Å². The van der Waals surface area contributed by atoms with Gasteiger partial charge in [0.05, 0.1) is 17.6 Å². The molecule has 0 aliphatic heterocycles. The summed E-state index contributed by atoms with van der Waals surface area (Å²) in [7, 11) is -6.00. The molecule has 4 rings (SSSR count). The molecular weight excluding hydrogens is 383 g/mol. The number of pyridine rings is 1. The van der Waals surface area contributed by atoms with Gasteiger partial charge in [0.1, 0.15) is 0 Å². The molecular formula is C20H17BF4N4. The minimum absolute atomic E-state index is 0.789. The smallest absolute Gasteiger partial charge is 0.418 e. The van der Waals surface area contributed by atoms with Gasteiger partial charge in [0, 0.05) is 30.7 Å². The van der Waals surface area contributed by atoms with Crippen molar-refractivity contribution in [1.29, 1.82) is 0 Å². The topological polar surface area (TPSA) is 34.6 Å². The summed E-state index contributed by atoms with van der Waals surface area (Å²) in [5.74, 6) is 0. The van der Waals surface area contributed by atoms with Crippen molar-refractivity contribution in [3.05, 3.63) is 103 Å². The monoisotopic (exact) mass is 400 g/mol. The highest BCUT2D eigenvalue weighted by molar-refractivity contribution is 6.50. The fourth-order valence-electron chi connectivity index (χ4n) is 2.63. The van der Waals surface area contributed by atoms with Crippen LogP contribution < -0.4 is 4.57 Å². The third-order valence-electron chi connectivity index (χ3n) is 3.86. The first-order valence-electron chi connectivity index (χ1n) is 8.78. The van der Waals surface area contributed by atoms with E-state index >= 15 is 0 Å². The molecule has 0 saturated heterocycles. The lowest BCUT2D eigenvalue weighted by Crippen LogP contribution is -2.29. The maximum Gasteiger partial charge on any atom is 0.673 e. The second-order valence-corrected chi connectivity index (χ2v) is 6.08. The van der Waals surface area contributed by atoms with Crippen LogP contribution in [0.1, 0.15) is 11.3 Å². The zero-order chi connectivity index (χ0) is 20.7. The van der Waals surface area contributed by atoms with Gasteiger partial charge in [0.2, 0.25) is 5.69 Å². The van der Waals surface area contributed by atoms with Crippen molar-refractivity contribution < 1.29 is 21.8 Å². The second kappa shape index (κ2) is 9.14. The second-order valence-electron chi connectivity index (χ2n) is 6.08. The number of hydrogen-bond acceptors (Lipinski definition) is 2. The summed E-state index contributed by atoms with van der Waals surface area (Å²) < 4.78 is 41.1.